The van der Waals surface area contributed by atoms with Crippen LogP contribution < -0.4 is 26.0 Å². The van der Waals surface area contributed by atoms with Gasteiger partial charge in [-0.15, -0.1) is 0 Å². The fourth-order valence-corrected chi connectivity index (χ4v) is 8.40. The summed E-state index contributed by atoms with van der Waals surface area (Å²) in [4.78, 5) is 13.7. The van der Waals surface area contributed by atoms with Gasteiger partial charge in [-0.25, -0.2) is 0 Å². The van der Waals surface area contributed by atoms with Crippen LogP contribution in [-0.4, -0.2) is 19.2 Å². The SMILES string of the molecule is COc1cc(C)c(NC(=O)C[P+](c2ccccc2)(c2ccccc2)c2ccccc2)c(C)c1. The van der Waals surface area contributed by atoms with Gasteiger partial charge in [0.2, 0.25) is 0 Å². The van der Waals surface area contributed by atoms with E-state index in [1.807, 2.05) is 44.2 Å². The zero-order chi connectivity index (χ0) is 23.3. The Bertz CT molecular complexity index is 1100. The van der Waals surface area contributed by atoms with Gasteiger partial charge >= 0.3 is 0 Å². The summed E-state index contributed by atoms with van der Waals surface area (Å²) < 4.78 is 5.38. The third-order valence-electron chi connectivity index (χ3n) is 5.98. The second-order valence-electron chi connectivity index (χ2n) is 8.16. The Labute approximate surface area is 196 Å². The Kier molecular flexibility index (Phi) is 6.91. The number of hydrogen-bond acceptors (Lipinski definition) is 2. The van der Waals surface area contributed by atoms with Crippen LogP contribution >= 0.6 is 7.26 Å². The van der Waals surface area contributed by atoms with E-state index < -0.39 is 7.26 Å². The Morgan fingerprint density at radius 3 is 1.48 bits per heavy atom. The third kappa shape index (κ3) is 4.69. The van der Waals surface area contributed by atoms with Gasteiger partial charge in [0.15, 0.2) is 6.16 Å². The zero-order valence-corrected chi connectivity index (χ0v) is 20.2. The van der Waals surface area contributed by atoms with Gasteiger partial charge in [-0.2, -0.15) is 0 Å². The molecule has 4 heteroatoms. The summed E-state index contributed by atoms with van der Waals surface area (Å²) >= 11 is 0. The molecular formula is C29H29NO2P+. The molecule has 0 aromatic heterocycles. The first kappa shape index (κ1) is 22.8. The van der Waals surface area contributed by atoms with Crippen molar-refractivity contribution in [2.45, 2.75) is 13.8 Å². The van der Waals surface area contributed by atoms with Gasteiger partial charge in [0.1, 0.15) is 28.9 Å². The molecule has 0 saturated heterocycles. The molecule has 0 unspecified atom stereocenters. The van der Waals surface area contributed by atoms with E-state index in [1.165, 1.54) is 15.9 Å². The van der Waals surface area contributed by atoms with Crippen molar-refractivity contribution in [3.8, 4) is 5.75 Å². The fourth-order valence-electron chi connectivity index (χ4n) is 4.40. The fraction of sp³-hybridized carbons (Fsp3) is 0.138. The van der Waals surface area contributed by atoms with Gasteiger partial charge in [0.25, 0.3) is 5.91 Å². The number of ether oxygens (including phenoxy) is 1. The van der Waals surface area contributed by atoms with Gasteiger partial charge in [-0.1, -0.05) is 54.6 Å². The maximum Gasteiger partial charge on any atom is 0.263 e. The second kappa shape index (κ2) is 10.0. The Morgan fingerprint density at radius 1 is 0.727 bits per heavy atom. The maximum absolute atomic E-state index is 13.7. The number of rotatable bonds is 7. The lowest BCUT2D eigenvalue weighted by molar-refractivity contribution is -0.113. The molecule has 0 fully saturated rings. The van der Waals surface area contributed by atoms with E-state index in [0.29, 0.717) is 6.16 Å². The van der Waals surface area contributed by atoms with E-state index in [1.54, 1.807) is 7.11 Å². The van der Waals surface area contributed by atoms with Crippen LogP contribution in [0.3, 0.4) is 0 Å². The lowest BCUT2D eigenvalue weighted by atomic mass is 10.1. The molecule has 0 aliphatic heterocycles. The maximum atomic E-state index is 13.7. The molecule has 0 aliphatic carbocycles. The minimum Gasteiger partial charge on any atom is -0.497 e. The van der Waals surface area contributed by atoms with Crippen LogP contribution in [0.1, 0.15) is 11.1 Å². The van der Waals surface area contributed by atoms with Crippen LogP contribution in [0.4, 0.5) is 5.69 Å². The standard InChI is InChI=1S/C29H28NO2P/c1-22-19-24(32-3)20-23(2)29(22)30-28(31)21-33(25-13-7-4-8-14-25,26-15-9-5-10-16-26)27-17-11-6-12-18-27/h4-20H,21H2,1-3H3/p+1. The van der Waals surface area contributed by atoms with Crippen LogP contribution in [0, 0.1) is 13.8 Å². The van der Waals surface area contributed by atoms with Gasteiger partial charge in [-0.05, 0) is 73.5 Å². The van der Waals surface area contributed by atoms with Gasteiger partial charge in [0.05, 0.1) is 7.11 Å². The topological polar surface area (TPSA) is 38.3 Å². The van der Waals surface area contributed by atoms with E-state index in [4.69, 9.17) is 4.74 Å². The number of methoxy groups -OCH3 is 1. The van der Waals surface area contributed by atoms with Crippen LogP contribution in [0.25, 0.3) is 0 Å². The number of anilines is 1. The van der Waals surface area contributed by atoms with Gasteiger partial charge < -0.3 is 10.1 Å². The van der Waals surface area contributed by atoms with E-state index >= 15 is 0 Å². The smallest absolute Gasteiger partial charge is 0.263 e. The Morgan fingerprint density at radius 2 is 1.12 bits per heavy atom. The number of carbonyl (C=O) groups is 1. The van der Waals surface area contributed by atoms with Crippen molar-refractivity contribution in [3.05, 3.63) is 114 Å². The molecule has 0 atom stereocenters. The molecule has 0 radical (unpaired) electrons. The minimum atomic E-state index is -2.23. The van der Waals surface area contributed by atoms with Crippen molar-refractivity contribution in [2.75, 3.05) is 18.6 Å². The molecular weight excluding hydrogens is 425 g/mol. The van der Waals surface area contributed by atoms with Crippen LogP contribution in [0.15, 0.2) is 103 Å². The van der Waals surface area contributed by atoms with Crippen molar-refractivity contribution in [3.63, 3.8) is 0 Å². The molecule has 1 N–H and O–H groups in total. The van der Waals surface area contributed by atoms with E-state index in [2.05, 4.69) is 78.1 Å². The highest BCUT2D eigenvalue weighted by molar-refractivity contribution is 7.96. The highest BCUT2D eigenvalue weighted by Crippen LogP contribution is 2.55. The molecule has 3 nitrogen and oxygen atoms in total. The molecule has 166 valence electrons. The highest BCUT2D eigenvalue weighted by Gasteiger charge is 2.47. The number of hydrogen-bond donors (Lipinski definition) is 1. The van der Waals surface area contributed by atoms with Crippen molar-refractivity contribution in [1.82, 2.24) is 0 Å². The van der Waals surface area contributed by atoms with E-state index in [9.17, 15) is 4.79 Å². The largest absolute Gasteiger partial charge is 0.497 e. The van der Waals surface area contributed by atoms with E-state index in [0.717, 1.165) is 22.6 Å². The summed E-state index contributed by atoms with van der Waals surface area (Å²) in [5.41, 5.74) is 2.83. The molecule has 4 rings (SSSR count). The molecule has 1 amide bonds. The third-order valence-corrected chi connectivity index (χ3v) is 10.3. The van der Waals surface area contributed by atoms with Crippen LogP contribution in [0.5, 0.6) is 5.75 Å². The summed E-state index contributed by atoms with van der Waals surface area (Å²) in [5.74, 6) is 0.805. The lowest BCUT2D eigenvalue weighted by Crippen LogP contribution is -2.37. The summed E-state index contributed by atoms with van der Waals surface area (Å²) in [6.07, 6.45) is 0.385. The highest BCUT2D eigenvalue weighted by atomic mass is 31.2. The summed E-state index contributed by atoms with van der Waals surface area (Å²) in [6, 6.07) is 35.3. The quantitative estimate of drug-likeness (QED) is 0.388. The summed E-state index contributed by atoms with van der Waals surface area (Å²) in [7, 11) is -0.571. The first-order valence-electron chi connectivity index (χ1n) is 11.0. The molecule has 4 aromatic carbocycles. The molecule has 0 saturated carbocycles. The van der Waals surface area contributed by atoms with Crippen molar-refractivity contribution in [2.24, 2.45) is 0 Å². The minimum absolute atomic E-state index is 0.0104. The molecule has 0 spiro atoms. The molecule has 0 heterocycles. The zero-order valence-electron chi connectivity index (χ0n) is 19.3. The van der Waals surface area contributed by atoms with Crippen molar-refractivity contribution in [1.29, 1.82) is 0 Å². The molecule has 4 aromatic rings. The number of nitrogens with one attached hydrogen (secondary N) is 1. The number of carbonyl (C=O) groups excluding carboxylic acids is 1. The average Bonchev–Trinajstić information content (AvgIpc) is 2.86. The van der Waals surface area contributed by atoms with Crippen molar-refractivity contribution >= 4 is 34.8 Å². The summed E-state index contributed by atoms with van der Waals surface area (Å²) in [5, 5.41) is 6.81. The number of amides is 1. The van der Waals surface area contributed by atoms with Crippen LogP contribution in [-0.2, 0) is 4.79 Å². The number of aryl methyl sites for hydroxylation is 2. The van der Waals surface area contributed by atoms with Crippen LogP contribution in [0.2, 0.25) is 0 Å². The number of benzene rings is 4. The molecule has 0 aliphatic rings. The van der Waals surface area contributed by atoms with E-state index in [-0.39, 0.29) is 5.91 Å². The predicted molar refractivity (Wildman–Crippen MR) is 141 cm³/mol. The Hall–Kier alpha value is -3.42. The average molecular weight is 455 g/mol. The lowest BCUT2D eigenvalue weighted by Gasteiger charge is -2.27. The normalized spacial score (nSPS) is 11.1. The molecule has 0 bridgehead atoms. The summed E-state index contributed by atoms with van der Waals surface area (Å²) in [6.45, 7) is 4.00. The van der Waals surface area contributed by atoms with Gasteiger partial charge in [0, 0.05) is 5.69 Å². The first-order valence-corrected chi connectivity index (χ1v) is 13.0. The second-order valence-corrected chi connectivity index (χ2v) is 11.6. The first-order chi connectivity index (χ1) is 16.0. The monoisotopic (exact) mass is 454 g/mol. The predicted octanol–water partition coefficient (Wildman–Crippen LogP) is 5.24. The Balaban J connectivity index is 1.82. The van der Waals surface area contributed by atoms with Gasteiger partial charge in [-0.3, -0.25) is 4.79 Å². The van der Waals surface area contributed by atoms with Crippen molar-refractivity contribution < 1.29 is 9.53 Å². The molecule has 33 heavy (non-hydrogen) atoms.